The van der Waals surface area contributed by atoms with E-state index in [1.54, 1.807) is 18.2 Å². The van der Waals surface area contributed by atoms with Gasteiger partial charge < -0.3 is 14.9 Å². The number of aromatic nitrogens is 5. The van der Waals surface area contributed by atoms with Crippen LogP contribution in [-0.4, -0.2) is 24.6 Å². The lowest BCUT2D eigenvalue weighted by Gasteiger charge is -2.03. The van der Waals surface area contributed by atoms with Crippen molar-refractivity contribution < 1.29 is 9.15 Å². The second-order valence-electron chi connectivity index (χ2n) is 4.84. The number of nitrogens with two attached hydrogens (primary N) is 1. The van der Waals surface area contributed by atoms with Crippen LogP contribution in [-0.2, 0) is 0 Å². The van der Waals surface area contributed by atoms with E-state index in [9.17, 15) is 0 Å². The van der Waals surface area contributed by atoms with Gasteiger partial charge >= 0.3 is 6.01 Å². The topological polar surface area (TPSA) is 104 Å². The molecule has 23 heavy (non-hydrogen) atoms. The van der Waals surface area contributed by atoms with Gasteiger partial charge in [0.15, 0.2) is 5.76 Å². The van der Waals surface area contributed by atoms with Crippen molar-refractivity contribution in [3.63, 3.8) is 0 Å². The minimum Gasteiger partial charge on any atom is -0.458 e. The average molecular weight is 308 g/mol. The molecule has 3 aromatic heterocycles. The Hall–Kier alpha value is -3.42. The zero-order chi connectivity index (χ0) is 15.8. The van der Waals surface area contributed by atoms with Crippen LogP contribution >= 0.6 is 0 Å². The monoisotopic (exact) mass is 308 g/mol. The fourth-order valence-electron chi connectivity index (χ4n) is 2.08. The quantitative estimate of drug-likeness (QED) is 0.619. The van der Waals surface area contributed by atoms with Crippen LogP contribution in [0, 0.1) is 6.92 Å². The summed E-state index contributed by atoms with van der Waals surface area (Å²) in [7, 11) is 0. The first-order valence-electron chi connectivity index (χ1n) is 6.89. The molecule has 0 atom stereocenters. The highest BCUT2D eigenvalue weighted by atomic mass is 16.5. The standard InChI is InChI=1S/C15H12N6O2/c1-9-7-8-11(22-9)12-17-14-19-15(18-13(16)21(14)20-12)23-10-5-3-2-4-6-10/h2-8H,1H3,(H2,16,17,18,19,20). The highest BCUT2D eigenvalue weighted by Crippen LogP contribution is 2.22. The third kappa shape index (κ3) is 2.46. The fourth-order valence-corrected chi connectivity index (χ4v) is 2.08. The number of para-hydroxylation sites is 1. The Labute approximate surface area is 130 Å². The molecule has 0 amide bonds. The molecule has 0 spiro atoms. The van der Waals surface area contributed by atoms with Crippen molar-refractivity contribution >= 4 is 11.7 Å². The summed E-state index contributed by atoms with van der Waals surface area (Å²) in [4.78, 5) is 12.6. The van der Waals surface area contributed by atoms with E-state index in [0.717, 1.165) is 5.76 Å². The molecule has 0 saturated carbocycles. The van der Waals surface area contributed by atoms with Crippen LogP contribution in [0.2, 0.25) is 0 Å². The van der Waals surface area contributed by atoms with Crippen molar-refractivity contribution in [2.24, 2.45) is 0 Å². The molecule has 4 aromatic rings. The molecule has 8 heteroatoms. The first kappa shape index (κ1) is 13.3. The van der Waals surface area contributed by atoms with E-state index in [1.807, 2.05) is 31.2 Å². The molecule has 0 unspecified atom stereocenters. The summed E-state index contributed by atoms with van der Waals surface area (Å²) in [6.45, 7) is 1.85. The molecule has 0 bridgehead atoms. The van der Waals surface area contributed by atoms with E-state index >= 15 is 0 Å². The minimum absolute atomic E-state index is 0.107. The molecule has 0 radical (unpaired) electrons. The molecule has 0 aliphatic rings. The normalized spacial score (nSPS) is 11.0. The molecular formula is C15H12N6O2. The third-order valence-corrected chi connectivity index (χ3v) is 3.13. The molecule has 3 heterocycles. The van der Waals surface area contributed by atoms with Crippen LogP contribution in [0.25, 0.3) is 17.4 Å². The molecule has 4 rings (SSSR count). The first-order chi connectivity index (χ1) is 11.2. The van der Waals surface area contributed by atoms with E-state index in [-0.39, 0.29) is 17.7 Å². The van der Waals surface area contributed by atoms with Crippen molar-refractivity contribution in [2.45, 2.75) is 6.92 Å². The van der Waals surface area contributed by atoms with Crippen molar-refractivity contribution in [1.82, 2.24) is 24.6 Å². The molecule has 0 aliphatic carbocycles. The van der Waals surface area contributed by atoms with Gasteiger partial charge in [-0.1, -0.05) is 18.2 Å². The average Bonchev–Trinajstić information content (AvgIpc) is 3.14. The second-order valence-corrected chi connectivity index (χ2v) is 4.84. The van der Waals surface area contributed by atoms with Crippen LogP contribution in [0.5, 0.6) is 11.8 Å². The number of hydrogen-bond acceptors (Lipinski definition) is 7. The predicted octanol–water partition coefficient (Wildman–Crippen LogP) is 2.46. The van der Waals surface area contributed by atoms with E-state index < -0.39 is 0 Å². The molecule has 8 nitrogen and oxygen atoms in total. The SMILES string of the molecule is Cc1ccc(-c2nc3nc(Oc4ccccc4)nc(N)n3n2)o1. The summed E-state index contributed by atoms with van der Waals surface area (Å²) in [5.74, 6) is 2.72. The van der Waals surface area contributed by atoms with Gasteiger partial charge in [-0.25, -0.2) is 0 Å². The van der Waals surface area contributed by atoms with Gasteiger partial charge in [-0.05, 0) is 31.2 Å². The van der Waals surface area contributed by atoms with E-state index in [0.29, 0.717) is 17.3 Å². The molecule has 2 N–H and O–H groups in total. The van der Waals surface area contributed by atoms with E-state index in [4.69, 9.17) is 14.9 Å². The molecule has 1 aromatic carbocycles. The van der Waals surface area contributed by atoms with Gasteiger partial charge in [-0.3, -0.25) is 0 Å². The fraction of sp³-hybridized carbons (Fsp3) is 0.0667. The number of benzene rings is 1. The number of ether oxygens (including phenoxy) is 1. The van der Waals surface area contributed by atoms with Crippen LogP contribution in [0.4, 0.5) is 5.95 Å². The smallest absolute Gasteiger partial charge is 0.328 e. The largest absolute Gasteiger partial charge is 0.458 e. The number of anilines is 1. The number of nitrogens with zero attached hydrogens (tertiary/aromatic N) is 5. The van der Waals surface area contributed by atoms with Crippen molar-refractivity contribution in [3.05, 3.63) is 48.2 Å². The summed E-state index contributed by atoms with van der Waals surface area (Å²) in [6.07, 6.45) is 0. The Balaban J connectivity index is 1.75. The Kier molecular flexibility index (Phi) is 2.94. The van der Waals surface area contributed by atoms with Gasteiger partial charge in [0.05, 0.1) is 0 Å². The summed E-state index contributed by atoms with van der Waals surface area (Å²) in [6, 6.07) is 12.9. The predicted molar refractivity (Wildman–Crippen MR) is 81.9 cm³/mol. The van der Waals surface area contributed by atoms with E-state index in [2.05, 4.69) is 20.1 Å². The maximum absolute atomic E-state index is 5.91. The van der Waals surface area contributed by atoms with Crippen LogP contribution in [0.1, 0.15) is 5.76 Å². The summed E-state index contributed by atoms with van der Waals surface area (Å²) in [5.41, 5.74) is 5.91. The van der Waals surface area contributed by atoms with Gasteiger partial charge in [0.1, 0.15) is 11.5 Å². The maximum Gasteiger partial charge on any atom is 0.328 e. The van der Waals surface area contributed by atoms with Crippen LogP contribution in [0.3, 0.4) is 0 Å². The van der Waals surface area contributed by atoms with Crippen LogP contribution < -0.4 is 10.5 Å². The first-order valence-corrected chi connectivity index (χ1v) is 6.89. The van der Waals surface area contributed by atoms with Crippen molar-refractivity contribution in [3.8, 4) is 23.3 Å². The van der Waals surface area contributed by atoms with Gasteiger partial charge in [-0.15, -0.1) is 5.10 Å². The second kappa shape index (κ2) is 5.09. The Morgan fingerprint density at radius 2 is 1.87 bits per heavy atom. The lowest BCUT2D eigenvalue weighted by Crippen LogP contribution is -2.05. The maximum atomic E-state index is 5.91. The number of nitrogen functional groups attached to an aromatic ring is 1. The Morgan fingerprint density at radius 3 is 2.61 bits per heavy atom. The van der Waals surface area contributed by atoms with Crippen molar-refractivity contribution in [1.29, 1.82) is 0 Å². The van der Waals surface area contributed by atoms with Crippen LogP contribution in [0.15, 0.2) is 46.9 Å². The number of furan rings is 1. The Morgan fingerprint density at radius 1 is 1.04 bits per heavy atom. The number of aryl methyl sites for hydroxylation is 1. The summed E-state index contributed by atoms with van der Waals surface area (Å²) < 4.78 is 12.4. The molecule has 0 aliphatic heterocycles. The Bertz CT molecular complexity index is 976. The van der Waals surface area contributed by atoms with Gasteiger partial charge in [0, 0.05) is 0 Å². The highest BCUT2D eigenvalue weighted by molar-refractivity contribution is 5.51. The zero-order valence-corrected chi connectivity index (χ0v) is 12.2. The number of fused-ring (bicyclic) bond motifs is 1. The highest BCUT2D eigenvalue weighted by Gasteiger charge is 2.15. The van der Waals surface area contributed by atoms with Gasteiger partial charge in [-0.2, -0.15) is 19.5 Å². The molecule has 0 saturated heterocycles. The lowest BCUT2D eigenvalue weighted by atomic mass is 10.3. The molecule has 114 valence electrons. The summed E-state index contributed by atoms with van der Waals surface area (Å²) >= 11 is 0. The van der Waals surface area contributed by atoms with Gasteiger partial charge in [0.2, 0.25) is 11.8 Å². The number of rotatable bonds is 3. The molecular weight excluding hydrogens is 296 g/mol. The third-order valence-electron chi connectivity index (χ3n) is 3.13. The van der Waals surface area contributed by atoms with Gasteiger partial charge in [0.25, 0.3) is 5.78 Å². The van der Waals surface area contributed by atoms with Crippen molar-refractivity contribution in [2.75, 3.05) is 5.73 Å². The minimum atomic E-state index is 0.107. The summed E-state index contributed by atoms with van der Waals surface area (Å²) in [5, 5.41) is 4.25. The van der Waals surface area contributed by atoms with E-state index in [1.165, 1.54) is 4.52 Å². The lowest BCUT2D eigenvalue weighted by molar-refractivity contribution is 0.441. The zero-order valence-electron chi connectivity index (χ0n) is 12.2. The number of hydrogen-bond donors (Lipinski definition) is 1. The molecule has 0 fully saturated rings.